The Morgan fingerprint density at radius 1 is 0.688 bits per heavy atom. The standard InChI is InChI=1S/C36H37N3O9/c1-41-27-12-10-21(29-20-26(39-48-29)23-18-32(43-3)34(45-5)33(19-23)44-4)16-31(27)47-15-14-46-28-13-11-22(17-30(28)42-2)35-37-25-9-7-6-8-24(25)36(40)38-35/h6-13,16-19,29,35,37H,14-15,20H2,1-5H3,(H,38,40). The summed E-state index contributed by atoms with van der Waals surface area (Å²) in [5.41, 5.74) is 4.63. The van der Waals surface area contributed by atoms with Crippen molar-refractivity contribution in [3.63, 3.8) is 0 Å². The number of hydrogen-bond donors (Lipinski definition) is 2. The van der Waals surface area contributed by atoms with E-state index in [9.17, 15) is 4.79 Å². The molecule has 4 aromatic carbocycles. The molecule has 4 aromatic rings. The van der Waals surface area contributed by atoms with E-state index < -0.39 is 6.17 Å². The molecular weight excluding hydrogens is 618 g/mol. The maximum atomic E-state index is 12.6. The van der Waals surface area contributed by atoms with Crippen LogP contribution in [0.25, 0.3) is 0 Å². The number of hydrogen-bond acceptors (Lipinski definition) is 11. The number of nitrogens with one attached hydrogen (secondary N) is 2. The zero-order valence-electron chi connectivity index (χ0n) is 27.3. The lowest BCUT2D eigenvalue weighted by molar-refractivity contribution is 0.0854. The Kier molecular flexibility index (Phi) is 9.60. The van der Waals surface area contributed by atoms with Gasteiger partial charge in [-0.25, -0.2) is 0 Å². The Bertz CT molecular complexity index is 1800. The Balaban J connectivity index is 1.08. The highest BCUT2D eigenvalue weighted by atomic mass is 16.6. The number of oxime groups is 1. The second-order valence-electron chi connectivity index (χ2n) is 10.9. The highest BCUT2D eigenvalue weighted by Gasteiger charge is 2.28. The largest absolute Gasteiger partial charge is 0.493 e. The van der Waals surface area contributed by atoms with Crippen LogP contribution < -0.4 is 43.8 Å². The quantitative estimate of drug-likeness (QED) is 0.168. The number of carbonyl (C=O) groups excluding carboxylic acids is 1. The van der Waals surface area contributed by atoms with Crippen molar-refractivity contribution in [2.45, 2.75) is 18.7 Å². The van der Waals surface area contributed by atoms with Gasteiger partial charge in [-0.1, -0.05) is 29.4 Å². The van der Waals surface area contributed by atoms with Crippen LogP contribution in [-0.4, -0.2) is 60.4 Å². The first-order valence-electron chi connectivity index (χ1n) is 15.3. The lowest BCUT2D eigenvalue weighted by atomic mass is 9.99. The minimum absolute atomic E-state index is 0.142. The smallest absolute Gasteiger partial charge is 0.255 e. The third kappa shape index (κ3) is 6.55. The summed E-state index contributed by atoms with van der Waals surface area (Å²) < 4.78 is 39.7. The fourth-order valence-corrected chi connectivity index (χ4v) is 5.64. The number of para-hydroxylation sites is 1. The minimum Gasteiger partial charge on any atom is -0.493 e. The number of amides is 1. The molecule has 0 bridgehead atoms. The molecule has 2 atom stereocenters. The number of anilines is 1. The maximum absolute atomic E-state index is 12.6. The molecule has 0 saturated heterocycles. The van der Waals surface area contributed by atoms with Crippen molar-refractivity contribution in [1.29, 1.82) is 0 Å². The molecule has 12 nitrogen and oxygen atoms in total. The van der Waals surface area contributed by atoms with E-state index in [1.54, 1.807) is 41.6 Å². The van der Waals surface area contributed by atoms with E-state index in [1.807, 2.05) is 66.7 Å². The van der Waals surface area contributed by atoms with Gasteiger partial charge in [0.2, 0.25) is 5.75 Å². The lowest BCUT2D eigenvalue weighted by Crippen LogP contribution is -2.38. The van der Waals surface area contributed by atoms with Crippen LogP contribution in [0.4, 0.5) is 5.69 Å². The van der Waals surface area contributed by atoms with Gasteiger partial charge in [-0.3, -0.25) is 4.79 Å². The fraction of sp³-hybridized carbons (Fsp3) is 0.278. The minimum atomic E-state index is -0.411. The first-order chi connectivity index (χ1) is 23.5. The van der Waals surface area contributed by atoms with Gasteiger partial charge < -0.3 is 48.6 Å². The molecule has 0 saturated carbocycles. The molecule has 2 heterocycles. The third-order valence-electron chi connectivity index (χ3n) is 8.09. The predicted molar refractivity (Wildman–Crippen MR) is 178 cm³/mol. The predicted octanol–water partition coefficient (Wildman–Crippen LogP) is 5.91. The van der Waals surface area contributed by atoms with Gasteiger partial charge >= 0.3 is 0 Å². The Morgan fingerprint density at radius 2 is 1.33 bits per heavy atom. The van der Waals surface area contributed by atoms with E-state index in [1.165, 1.54) is 0 Å². The second-order valence-corrected chi connectivity index (χ2v) is 10.9. The van der Waals surface area contributed by atoms with E-state index in [4.69, 9.17) is 38.0 Å². The summed E-state index contributed by atoms with van der Waals surface area (Å²) in [7, 11) is 7.87. The molecule has 2 aliphatic heterocycles. The molecule has 1 amide bonds. The monoisotopic (exact) mass is 655 g/mol. The van der Waals surface area contributed by atoms with E-state index in [0.717, 1.165) is 28.1 Å². The van der Waals surface area contributed by atoms with Crippen LogP contribution >= 0.6 is 0 Å². The molecule has 0 fully saturated rings. The molecule has 0 radical (unpaired) electrons. The fourth-order valence-electron chi connectivity index (χ4n) is 5.64. The average molecular weight is 656 g/mol. The molecule has 48 heavy (non-hydrogen) atoms. The topological polar surface area (TPSA) is 127 Å². The van der Waals surface area contributed by atoms with Gasteiger partial charge in [-0.2, -0.15) is 0 Å². The lowest BCUT2D eigenvalue weighted by Gasteiger charge is -2.28. The van der Waals surface area contributed by atoms with Crippen LogP contribution in [0.3, 0.4) is 0 Å². The van der Waals surface area contributed by atoms with Crippen molar-refractivity contribution in [2.75, 3.05) is 54.1 Å². The van der Waals surface area contributed by atoms with E-state index >= 15 is 0 Å². The van der Waals surface area contributed by atoms with Gasteiger partial charge in [-0.05, 0) is 59.7 Å². The molecule has 12 heteroatoms. The van der Waals surface area contributed by atoms with Crippen molar-refractivity contribution < 1.29 is 42.8 Å². The van der Waals surface area contributed by atoms with Gasteiger partial charge in [0.05, 0.1) is 46.8 Å². The maximum Gasteiger partial charge on any atom is 0.255 e. The number of fused-ring (bicyclic) bond motifs is 1. The SMILES string of the molecule is COc1cc(C2NC(=O)c3ccccc3N2)ccc1OCCOc1cc(C2CC(c3cc(OC)c(OC)c(OC)c3)=NO2)ccc1OC. The average Bonchev–Trinajstić information content (AvgIpc) is 3.63. The number of methoxy groups -OCH3 is 5. The summed E-state index contributed by atoms with van der Waals surface area (Å²) in [5.74, 6) is 3.64. The van der Waals surface area contributed by atoms with E-state index in [-0.39, 0.29) is 25.2 Å². The first-order valence-corrected chi connectivity index (χ1v) is 15.3. The molecule has 0 aliphatic carbocycles. The van der Waals surface area contributed by atoms with Crippen LogP contribution in [-0.2, 0) is 4.84 Å². The summed E-state index contributed by atoms with van der Waals surface area (Å²) in [4.78, 5) is 18.4. The van der Waals surface area contributed by atoms with Crippen molar-refractivity contribution >= 4 is 17.3 Å². The molecule has 250 valence electrons. The summed E-state index contributed by atoms with van der Waals surface area (Å²) in [6, 6.07) is 22.3. The summed E-state index contributed by atoms with van der Waals surface area (Å²) in [6.07, 6.45) is -0.218. The van der Waals surface area contributed by atoms with E-state index in [2.05, 4.69) is 15.8 Å². The Labute approximate surface area is 278 Å². The van der Waals surface area contributed by atoms with Crippen LogP contribution in [0.2, 0.25) is 0 Å². The molecule has 6 rings (SSSR count). The molecule has 2 aliphatic rings. The molecule has 2 unspecified atom stereocenters. The molecule has 2 N–H and O–H groups in total. The zero-order chi connectivity index (χ0) is 33.6. The van der Waals surface area contributed by atoms with Gasteiger partial charge in [0.15, 0.2) is 40.6 Å². The third-order valence-corrected chi connectivity index (χ3v) is 8.09. The number of benzene rings is 4. The molecule has 0 spiro atoms. The molecular formula is C36H37N3O9. The van der Waals surface area contributed by atoms with Gasteiger partial charge in [0.1, 0.15) is 19.4 Å². The Hall–Kier alpha value is -5.78. The van der Waals surface area contributed by atoms with Crippen LogP contribution in [0.5, 0.6) is 40.2 Å². The second kappa shape index (κ2) is 14.3. The summed E-state index contributed by atoms with van der Waals surface area (Å²) in [5, 5.41) is 10.7. The highest BCUT2D eigenvalue weighted by molar-refractivity contribution is 6.02. The first kappa shape index (κ1) is 32.2. The highest BCUT2D eigenvalue weighted by Crippen LogP contribution is 2.41. The number of ether oxygens (including phenoxy) is 7. The van der Waals surface area contributed by atoms with Crippen LogP contribution in [0, 0.1) is 0 Å². The molecule has 0 aromatic heterocycles. The summed E-state index contributed by atoms with van der Waals surface area (Å²) in [6.45, 7) is 0.476. The number of nitrogens with zero attached hydrogens (tertiary/aromatic N) is 1. The van der Waals surface area contributed by atoms with Gasteiger partial charge in [-0.15, -0.1) is 0 Å². The van der Waals surface area contributed by atoms with E-state index in [0.29, 0.717) is 52.2 Å². The number of rotatable bonds is 13. The summed E-state index contributed by atoms with van der Waals surface area (Å²) >= 11 is 0. The van der Waals surface area contributed by atoms with Crippen LogP contribution in [0.15, 0.2) is 78.0 Å². The Morgan fingerprint density at radius 3 is 2.04 bits per heavy atom. The zero-order valence-corrected chi connectivity index (χ0v) is 27.3. The van der Waals surface area contributed by atoms with Crippen molar-refractivity contribution in [2.24, 2.45) is 5.16 Å². The normalized spacial score (nSPS) is 16.4. The number of carbonyl (C=O) groups is 1. The van der Waals surface area contributed by atoms with Crippen LogP contribution in [0.1, 0.15) is 45.7 Å². The van der Waals surface area contributed by atoms with Crippen molar-refractivity contribution in [3.05, 3.63) is 95.1 Å². The van der Waals surface area contributed by atoms with Gasteiger partial charge in [0, 0.05) is 17.7 Å². The van der Waals surface area contributed by atoms with Gasteiger partial charge in [0.25, 0.3) is 5.91 Å². The van der Waals surface area contributed by atoms with Crippen molar-refractivity contribution in [3.8, 4) is 40.2 Å². The van der Waals surface area contributed by atoms with Crippen molar-refractivity contribution in [1.82, 2.24) is 5.32 Å².